The summed E-state index contributed by atoms with van der Waals surface area (Å²) in [4.78, 5) is 14.2. The third-order valence-electron chi connectivity index (χ3n) is 6.04. The Morgan fingerprint density at radius 2 is 1.95 bits per heavy atom. The first-order valence-electron chi connectivity index (χ1n) is 11.8. The number of hydrogen-bond donors (Lipinski definition) is 3. The van der Waals surface area contributed by atoms with Gasteiger partial charge in [-0.25, -0.2) is 9.97 Å². The minimum Gasteiger partial charge on any atom is -0.396 e. The van der Waals surface area contributed by atoms with Gasteiger partial charge in [0, 0.05) is 35.8 Å². The van der Waals surface area contributed by atoms with E-state index in [0.29, 0.717) is 18.1 Å². The highest BCUT2D eigenvalue weighted by Crippen LogP contribution is 2.32. The normalized spacial score (nSPS) is 11.2. The zero-order chi connectivity index (χ0) is 25.2. The Kier molecular flexibility index (Phi) is 5.83. The molecule has 0 unspecified atom stereocenters. The molecule has 10 nitrogen and oxygen atoms in total. The van der Waals surface area contributed by atoms with Gasteiger partial charge < -0.3 is 10.4 Å². The highest BCUT2D eigenvalue weighted by Gasteiger charge is 2.16. The lowest BCUT2D eigenvalue weighted by Gasteiger charge is -2.14. The fourth-order valence-electron chi connectivity index (χ4n) is 4.26. The van der Waals surface area contributed by atoms with Crippen LogP contribution >= 0.6 is 0 Å². The molecule has 0 atom stereocenters. The molecule has 6 rings (SSSR count). The lowest BCUT2D eigenvalue weighted by Crippen LogP contribution is -2.03. The third kappa shape index (κ3) is 4.41. The summed E-state index contributed by atoms with van der Waals surface area (Å²) in [5, 5.41) is 28.1. The summed E-state index contributed by atoms with van der Waals surface area (Å²) >= 11 is 0. The smallest absolute Gasteiger partial charge is 0.153 e. The quantitative estimate of drug-likeness (QED) is 0.303. The van der Waals surface area contributed by atoms with Gasteiger partial charge in [0.15, 0.2) is 5.82 Å². The lowest BCUT2D eigenvalue weighted by atomic mass is 10.00. The summed E-state index contributed by atoms with van der Waals surface area (Å²) in [5.74, 6) is 1.38. The van der Waals surface area contributed by atoms with Gasteiger partial charge in [0.1, 0.15) is 12.1 Å². The number of hydrogen-bond acceptors (Lipinski definition) is 8. The molecule has 0 aliphatic carbocycles. The van der Waals surface area contributed by atoms with Crippen molar-refractivity contribution in [2.45, 2.75) is 13.3 Å². The Bertz CT molecular complexity index is 1670. The van der Waals surface area contributed by atoms with E-state index in [2.05, 4.69) is 35.7 Å². The van der Waals surface area contributed by atoms with Crippen LogP contribution in [0.2, 0.25) is 0 Å². The number of nitrogens with zero attached hydrogens (tertiary/aromatic N) is 7. The van der Waals surface area contributed by atoms with Gasteiger partial charge in [0.25, 0.3) is 0 Å². The Hall–Kier alpha value is -4.96. The van der Waals surface area contributed by atoms with Gasteiger partial charge in [0.05, 0.1) is 34.3 Å². The van der Waals surface area contributed by atoms with Crippen LogP contribution in [0.15, 0.2) is 79.5 Å². The molecule has 0 spiro atoms. The van der Waals surface area contributed by atoms with E-state index in [9.17, 15) is 5.11 Å². The van der Waals surface area contributed by atoms with Crippen molar-refractivity contribution in [2.75, 3.05) is 11.9 Å². The van der Waals surface area contributed by atoms with E-state index in [1.807, 2.05) is 66.1 Å². The van der Waals surface area contributed by atoms with Crippen LogP contribution < -0.4 is 5.32 Å². The number of H-pyrrole nitrogens is 1. The summed E-state index contributed by atoms with van der Waals surface area (Å²) in [7, 11) is 0. The van der Waals surface area contributed by atoms with E-state index in [0.717, 1.165) is 50.5 Å². The molecular weight excluding hydrogens is 466 g/mol. The largest absolute Gasteiger partial charge is 0.396 e. The molecule has 0 aliphatic rings. The standard InChI is InChI=1S/C27H23N9O/c1-17-4-8-24(35-34-17)32-20-6-7-23-22(13-20)29-16-36(23)25-9-5-18(10-12-37)27(33-25)21-3-2-11-28-26(21)19-14-30-31-15-19/h2-9,11,13-16,37H,10,12H2,1H3,(H,30,31)(H,32,35). The van der Waals surface area contributed by atoms with Crippen LogP contribution in [0.5, 0.6) is 0 Å². The molecule has 0 aliphatic heterocycles. The Morgan fingerprint density at radius 3 is 2.76 bits per heavy atom. The molecule has 1 aromatic carbocycles. The molecule has 0 saturated carbocycles. The van der Waals surface area contributed by atoms with E-state index < -0.39 is 0 Å². The number of aliphatic hydroxyl groups excluding tert-OH is 1. The van der Waals surface area contributed by atoms with Crippen LogP contribution in [0, 0.1) is 6.92 Å². The van der Waals surface area contributed by atoms with Crippen LogP contribution in [0.3, 0.4) is 0 Å². The molecule has 5 heterocycles. The fraction of sp³-hybridized carbons (Fsp3) is 0.111. The van der Waals surface area contributed by atoms with Crippen LogP contribution in [-0.4, -0.2) is 51.6 Å². The van der Waals surface area contributed by atoms with Crippen molar-refractivity contribution in [3.63, 3.8) is 0 Å². The second kappa shape index (κ2) is 9.59. The van der Waals surface area contributed by atoms with Crippen LogP contribution in [0.25, 0.3) is 39.4 Å². The average Bonchev–Trinajstić information content (AvgIpc) is 3.61. The number of fused-ring (bicyclic) bond motifs is 1. The molecule has 0 saturated heterocycles. The number of aryl methyl sites for hydroxylation is 1. The zero-order valence-electron chi connectivity index (χ0n) is 20.0. The second-order valence-electron chi connectivity index (χ2n) is 8.54. The number of imidazole rings is 1. The summed E-state index contributed by atoms with van der Waals surface area (Å²) < 4.78 is 1.95. The molecule has 3 N–H and O–H groups in total. The van der Waals surface area contributed by atoms with Crippen molar-refractivity contribution in [2.24, 2.45) is 0 Å². The van der Waals surface area contributed by atoms with E-state index in [1.54, 1.807) is 24.9 Å². The average molecular weight is 490 g/mol. The molecule has 0 radical (unpaired) electrons. The van der Waals surface area contributed by atoms with Gasteiger partial charge >= 0.3 is 0 Å². The monoisotopic (exact) mass is 489 g/mol. The maximum absolute atomic E-state index is 9.70. The zero-order valence-corrected chi connectivity index (χ0v) is 20.0. The maximum atomic E-state index is 9.70. The minimum atomic E-state index is 0.0183. The number of nitrogens with one attached hydrogen (secondary N) is 2. The molecule has 37 heavy (non-hydrogen) atoms. The topological polar surface area (TPSA) is 130 Å². The van der Waals surface area contributed by atoms with Crippen molar-refractivity contribution < 1.29 is 5.11 Å². The molecule has 0 bridgehead atoms. The van der Waals surface area contributed by atoms with Crippen LogP contribution in [0.1, 0.15) is 11.3 Å². The van der Waals surface area contributed by atoms with Crippen molar-refractivity contribution in [1.82, 2.24) is 39.9 Å². The first-order valence-corrected chi connectivity index (χ1v) is 11.8. The summed E-state index contributed by atoms with van der Waals surface area (Å²) in [6, 6.07) is 17.5. The summed E-state index contributed by atoms with van der Waals surface area (Å²) in [6.07, 6.45) is 7.53. The van der Waals surface area contributed by atoms with Gasteiger partial charge in [-0.1, -0.05) is 6.07 Å². The Balaban J connectivity index is 1.40. The minimum absolute atomic E-state index is 0.0183. The highest BCUT2D eigenvalue weighted by molar-refractivity contribution is 5.83. The molecule has 182 valence electrons. The van der Waals surface area contributed by atoms with Gasteiger partial charge in [-0.05, 0) is 67.4 Å². The molecule has 0 fully saturated rings. The Labute approximate surface area is 212 Å². The van der Waals surface area contributed by atoms with Crippen molar-refractivity contribution >= 4 is 22.5 Å². The number of aromatic amines is 1. The van der Waals surface area contributed by atoms with Crippen molar-refractivity contribution in [1.29, 1.82) is 0 Å². The molecular formula is C27H23N9O. The van der Waals surface area contributed by atoms with E-state index >= 15 is 0 Å². The lowest BCUT2D eigenvalue weighted by molar-refractivity contribution is 0.299. The number of aromatic nitrogens is 8. The van der Waals surface area contributed by atoms with E-state index in [1.165, 1.54) is 0 Å². The predicted molar refractivity (Wildman–Crippen MR) is 141 cm³/mol. The van der Waals surface area contributed by atoms with Gasteiger partial charge in [-0.15, -0.1) is 5.10 Å². The van der Waals surface area contributed by atoms with E-state index in [-0.39, 0.29) is 6.61 Å². The predicted octanol–water partition coefficient (Wildman–Crippen LogP) is 4.25. The number of pyridine rings is 2. The first kappa shape index (κ1) is 22.5. The molecule has 5 aromatic heterocycles. The third-order valence-corrected chi connectivity index (χ3v) is 6.04. The Morgan fingerprint density at radius 1 is 1.00 bits per heavy atom. The second-order valence-corrected chi connectivity index (χ2v) is 8.54. The van der Waals surface area contributed by atoms with Gasteiger partial charge in [-0.2, -0.15) is 10.2 Å². The fourth-order valence-corrected chi connectivity index (χ4v) is 4.26. The summed E-state index contributed by atoms with van der Waals surface area (Å²) in [6.45, 7) is 1.92. The van der Waals surface area contributed by atoms with Gasteiger partial charge in [-0.3, -0.25) is 14.6 Å². The number of aliphatic hydroxyl groups is 1. The van der Waals surface area contributed by atoms with E-state index in [4.69, 9.17) is 4.98 Å². The number of rotatable bonds is 7. The molecule has 6 aromatic rings. The van der Waals surface area contributed by atoms with Crippen molar-refractivity contribution in [3.8, 4) is 28.3 Å². The first-order chi connectivity index (χ1) is 18.2. The van der Waals surface area contributed by atoms with Crippen LogP contribution in [0.4, 0.5) is 11.5 Å². The van der Waals surface area contributed by atoms with Crippen LogP contribution in [-0.2, 0) is 6.42 Å². The molecule has 10 heteroatoms. The number of benzene rings is 1. The molecule has 0 amide bonds. The van der Waals surface area contributed by atoms with Crippen molar-refractivity contribution in [3.05, 3.63) is 90.8 Å². The number of anilines is 2. The van der Waals surface area contributed by atoms with Gasteiger partial charge in [0.2, 0.25) is 0 Å². The maximum Gasteiger partial charge on any atom is 0.153 e. The SMILES string of the molecule is Cc1ccc(Nc2ccc3c(c2)ncn3-c2ccc(CCO)c(-c3cccnc3-c3cn[nH]c3)n2)nn1. The highest BCUT2D eigenvalue weighted by atomic mass is 16.3. The summed E-state index contributed by atoms with van der Waals surface area (Å²) in [5.41, 5.74) is 7.64.